The van der Waals surface area contributed by atoms with Crippen LogP contribution in [0.15, 0.2) is 42.1 Å². The topological polar surface area (TPSA) is 32.3 Å². The summed E-state index contributed by atoms with van der Waals surface area (Å²) < 4.78 is 54.9. The molecule has 0 aliphatic carbocycles. The number of rotatable bonds is 7. The minimum atomic E-state index is -4.84. The number of aliphatic hydroxyl groups is 1. The van der Waals surface area contributed by atoms with Crippen molar-refractivity contribution in [1.82, 2.24) is 5.32 Å². The fourth-order valence-electron chi connectivity index (χ4n) is 3.17. The molecule has 0 saturated carbocycles. The minimum absolute atomic E-state index is 0.259. The van der Waals surface area contributed by atoms with Crippen LogP contribution in [-0.4, -0.2) is 23.9 Å². The number of hydrogen-bond donors (Lipinski definition) is 2. The fourth-order valence-corrected chi connectivity index (χ4v) is 3.17. The fraction of sp³-hybridized carbons (Fsp3) is 0.500. The van der Waals surface area contributed by atoms with Gasteiger partial charge in [0.15, 0.2) is 5.60 Å². The Morgan fingerprint density at radius 2 is 1.85 bits per heavy atom. The third-order valence-electron chi connectivity index (χ3n) is 4.48. The molecule has 1 unspecified atom stereocenters. The first-order valence-corrected chi connectivity index (χ1v) is 8.41. The van der Waals surface area contributed by atoms with Gasteiger partial charge in [0.2, 0.25) is 0 Å². The lowest BCUT2D eigenvalue weighted by atomic mass is 9.72. The smallest absolute Gasteiger partial charge is 0.391 e. The van der Waals surface area contributed by atoms with E-state index < -0.39 is 35.9 Å². The second-order valence-electron chi connectivity index (χ2n) is 7.19. The van der Waals surface area contributed by atoms with Crippen LogP contribution in [0.25, 0.3) is 0 Å². The number of aryl methyl sites for hydroxylation is 1. The van der Waals surface area contributed by atoms with Crippen LogP contribution in [0.3, 0.4) is 0 Å². The van der Waals surface area contributed by atoms with Crippen molar-refractivity contribution < 1.29 is 22.7 Å². The molecule has 0 amide bonds. The summed E-state index contributed by atoms with van der Waals surface area (Å²) in [4.78, 5) is 0. The molecule has 0 radical (unpaired) electrons. The number of halogens is 4. The Kier molecular flexibility index (Phi) is 7.05. The summed E-state index contributed by atoms with van der Waals surface area (Å²) in [5.41, 5.74) is -2.65. The van der Waals surface area contributed by atoms with Gasteiger partial charge in [0.25, 0.3) is 0 Å². The van der Waals surface area contributed by atoms with Gasteiger partial charge in [-0.2, -0.15) is 13.2 Å². The molecule has 0 fully saturated rings. The van der Waals surface area contributed by atoms with Crippen LogP contribution in [0.1, 0.15) is 44.7 Å². The molecule has 1 aromatic carbocycles. The second kappa shape index (κ2) is 8.25. The highest BCUT2D eigenvalue weighted by atomic mass is 19.4. The van der Waals surface area contributed by atoms with Crippen molar-refractivity contribution in [3.05, 3.63) is 59.1 Å². The number of benzene rings is 1. The summed E-state index contributed by atoms with van der Waals surface area (Å²) in [5, 5.41) is 13.3. The molecule has 0 aromatic heterocycles. The van der Waals surface area contributed by atoms with E-state index in [4.69, 9.17) is 0 Å². The predicted octanol–water partition coefficient (Wildman–Crippen LogP) is 5.16. The second-order valence-corrected chi connectivity index (χ2v) is 7.19. The van der Waals surface area contributed by atoms with Crippen molar-refractivity contribution >= 4 is 0 Å². The molecule has 2 N–H and O–H groups in total. The normalized spacial score (nSPS) is 16.0. The van der Waals surface area contributed by atoms with Gasteiger partial charge >= 0.3 is 6.18 Å². The Bertz CT molecular complexity index is 677. The van der Waals surface area contributed by atoms with Crippen molar-refractivity contribution in [1.29, 1.82) is 0 Å². The van der Waals surface area contributed by atoms with Gasteiger partial charge in [0, 0.05) is 19.2 Å². The van der Waals surface area contributed by atoms with Crippen LogP contribution < -0.4 is 5.32 Å². The van der Waals surface area contributed by atoms with Crippen LogP contribution in [0.5, 0.6) is 0 Å². The highest BCUT2D eigenvalue weighted by Crippen LogP contribution is 2.44. The van der Waals surface area contributed by atoms with Crippen LogP contribution in [0.4, 0.5) is 17.6 Å². The first kappa shape index (κ1) is 22.2. The third kappa shape index (κ3) is 5.34. The monoisotopic (exact) mass is 373 g/mol. The molecular weight excluding hydrogens is 346 g/mol. The van der Waals surface area contributed by atoms with E-state index in [1.165, 1.54) is 31.3 Å². The Morgan fingerprint density at radius 1 is 1.23 bits per heavy atom. The van der Waals surface area contributed by atoms with Gasteiger partial charge in [0.05, 0.1) is 0 Å². The molecule has 1 aromatic rings. The summed E-state index contributed by atoms with van der Waals surface area (Å²) in [7, 11) is 1.51. The molecule has 0 spiro atoms. The molecule has 0 bridgehead atoms. The van der Waals surface area contributed by atoms with Gasteiger partial charge in [-0.05, 0) is 55.0 Å². The zero-order valence-corrected chi connectivity index (χ0v) is 15.8. The van der Waals surface area contributed by atoms with Crippen molar-refractivity contribution in [2.75, 3.05) is 7.05 Å². The molecule has 0 saturated heterocycles. The lowest BCUT2D eigenvalue weighted by Gasteiger charge is -2.39. The Hall–Kier alpha value is -1.82. The zero-order chi connectivity index (χ0) is 20.2. The van der Waals surface area contributed by atoms with E-state index in [1.54, 1.807) is 39.8 Å². The number of allylic oxidation sites excluding steroid dienone is 3. The average Bonchev–Trinajstić information content (AvgIpc) is 2.52. The van der Waals surface area contributed by atoms with Crippen molar-refractivity contribution in [2.24, 2.45) is 0 Å². The van der Waals surface area contributed by atoms with Crippen LogP contribution in [0, 0.1) is 12.7 Å². The van der Waals surface area contributed by atoms with E-state index in [0.717, 1.165) is 0 Å². The maximum absolute atomic E-state index is 13.8. The summed E-state index contributed by atoms with van der Waals surface area (Å²) in [6.45, 7) is 6.63. The van der Waals surface area contributed by atoms with Crippen LogP contribution in [0.2, 0.25) is 0 Å². The molecule has 26 heavy (non-hydrogen) atoms. The molecule has 0 aliphatic rings. The summed E-state index contributed by atoms with van der Waals surface area (Å²) in [5.74, 6) is -0.516. The van der Waals surface area contributed by atoms with Gasteiger partial charge in [-0.15, -0.1) is 0 Å². The first-order valence-electron chi connectivity index (χ1n) is 8.41. The van der Waals surface area contributed by atoms with Gasteiger partial charge < -0.3 is 10.4 Å². The van der Waals surface area contributed by atoms with Gasteiger partial charge in [-0.25, -0.2) is 4.39 Å². The Labute approximate surface area is 152 Å². The van der Waals surface area contributed by atoms with E-state index in [2.05, 4.69) is 5.32 Å². The third-order valence-corrected chi connectivity index (χ3v) is 4.48. The largest absolute Gasteiger partial charge is 0.417 e. The molecule has 146 valence electrons. The first-order chi connectivity index (χ1) is 11.9. The van der Waals surface area contributed by atoms with E-state index in [0.29, 0.717) is 11.1 Å². The Balaban J connectivity index is 3.31. The SMILES string of the molecule is C/C=C/C=C(/CC(O)(CC(C)(C)c1cc(F)ccc1C)C(F)(F)F)NC. The molecule has 2 nitrogen and oxygen atoms in total. The predicted molar refractivity (Wildman–Crippen MR) is 96.4 cm³/mol. The van der Waals surface area contributed by atoms with E-state index >= 15 is 0 Å². The highest BCUT2D eigenvalue weighted by molar-refractivity contribution is 5.33. The van der Waals surface area contributed by atoms with Crippen molar-refractivity contribution in [3.63, 3.8) is 0 Å². The maximum Gasteiger partial charge on any atom is 0.417 e. The van der Waals surface area contributed by atoms with Gasteiger partial charge in [-0.3, -0.25) is 0 Å². The van der Waals surface area contributed by atoms with Gasteiger partial charge in [0.1, 0.15) is 5.82 Å². The van der Waals surface area contributed by atoms with Crippen molar-refractivity contribution in [2.45, 2.75) is 57.7 Å². The van der Waals surface area contributed by atoms with E-state index in [-0.39, 0.29) is 5.70 Å². The van der Waals surface area contributed by atoms with E-state index in [1.807, 2.05) is 0 Å². The zero-order valence-electron chi connectivity index (χ0n) is 15.8. The maximum atomic E-state index is 13.8. The van der Waals surface area contributed by atoms with Crippen molar-refractivity contribution in [3.8, 4) is 0 Å². The lowest BCUT2D eigenvalue weighted by molar-refractivity contribution is -0.266. The molecule has 0 heterocycles. The average molecular weight is 373 g/mol. The van der Waals surface area contributed by atoms with Crippen LogP contribution in [-0.2, 0) is 5.41 Å². The number of alkyl halides is 3. The lowest BCUT2D eigenvalue weighted by Crippen LogP contribution is -2.50. The Morgan fingerprint density at radius 3 is 2.35 bits per heavy atom. The van der Waals surface area contributed by atoms with Crippen LogP contribution >= 0.6 is 0 Å². The molecule has 1 atom stereocenters. The summed E-state index contributed by atoms with van der Waals surface area (Å²) in [6, 6.07) is 4.04. The molecule has 0 aliphatic heterocycles. The van der Waals surface area contributed by atoms with Gasteiger partial charge in [-0.1, -0.05) is 32.1 Å². The molecule has 1 rings (SSSR count). The quantitative estimate of drug-likeness (QED) is 0.511. The molecule has 6 heteroatoms. The van der Waals surface area contributed by atoms with E-state index in [9.17, 15) is 22.7 Å². The summed E-state index contributed by atoms with van der Waals surface area (Å²) >= 11 is 0. The number of hydrogen-bond acceptors (Lipinski definition) is 2. The standard InChI is InChI=1S/C20H27F4NO/c1-6-7-8-16(25-5)12-19(26,20(22,23)24)13-18(3,4)17-11-15(21)10-9-14(17)2/h6-11,25-26H,12-13H2,1-5H3/b7-6+,16-8-. The minimum Gasteiger partial charge on any atom is -0.391 e. The highest BCUT2D eigenvalue weighted by Gasteiger charge is 2.56. The molecular formula is C20H27F4NO. The number of nitrogens with one attached hydrogen (secondary N) is 1. The summed E-state index contributed by atoms with van der Waals surface area (Å²) in [6.07, 6.45) is -1.26.